The van der Waals surface area contributed by atoms with Gasteiger partial charge in [0.1, 0.15) is 5.75 Å². The standard InChI is InChI=1S/C27H34N4O4/c1-3-34-22-12-10-21(11-13-22)25-24(26(32)35-4-2)23(28-27(33)29-25)19-31-16-14-30(15-17-31)18-20-8-6-5-7-9-20/h5-13,25H,3-4,14-19H2,1-2H3,(H2,28,29,33)/t25-/m1/s1. The summed E-state index contributed by atoms with van der Waals surface area (Å²) in [4.78, 5) is 30.3. The summed E-state index contributed by atoms with van der Waals surface area (Å²) < 4.78 is 10.9. The third-order valence-corrected chi connectivity index (χ3v) is 6.27. The Kier molecular flexibility index (Phi) is 8.39. The predicted molar refractivity (Wildman–Crippen MR) is 134 cm³/mol. The van der Waals surface area contributed by atoms with E-state index in [9.17, 15) is 9.59 Å². The van der Waals surface area contributed by atoms with Gasteiger partial charge in [-0.15, -0.1) is 0 Å². The first-order valence-electron chi connectivity index (χ1n) is 12.3. The van der Waals surface area contributed by atoms with Crippen LogP contribution in [0.2, 0.25) is 0 Å². The van der Waals surface area contributed by atoms with Gasteiger partial charge in [-0.05, 0) is 37.1 Å². The number of ether oxygens (including phenoxy) is 2. The number of urea groups is 1. The molecular weight excluding hydrogens is 444 g/mol. The first kappa shape index (κ1) is 24.8. The van der Waals surface area contributed by atoms with E-state index >= 15 is 0 Å². The number of nitrogens with one attached hydrogen (secondary N) is 2. The van der Waals surface area contributed by atoms with E-state index in [-0.39, 0.29) is 12.6 Å². The summed E-state index contributed by atoms with van der Waals surface area (Å²) in [6.45, 7) is 9.49. The van der Waals surface area contributed by atoms with Crippen LogP contribution in [0.5, 0.6) is 5.75 Å². The number of nitrogens with zero attached hydrogens (tertiary/aromatic N) is 2. The molecule has 2 aromatic carbocycles. The summed E-state index contributed by atoms with van der Waals surface area (Å²) in [6.07, 6.45) is 0. The van der Waals surface area contributed by atoms with Crippen molar-refractivity contribution in [3.05, 3.63) is 77.0 Å². The van der Waals surface area contributed by atoms with E-state index in [1.807, 2.05) is 37.3 Å². The van der Waals surface area contributed by atoms with Crippen LogP contribution in [0.1, 0.15) is 31.0 Å². The average Bonchev–Trinajstić information content (AvgIpc) is 2.86. The third kappa shape index (κ3) is 6.41. The molecule has 1 atom stereocenters. The number of hydrogen-bond donors (Lipinski definition) is 2. The zero-order chi connectivity index (χ0) is 24.6. The summed E-state index contributed by atoms with van der Waals surface area (Å²) in [5, 5.41) is 5.78. The van der Waals surface area contributed by atoms with Crippen LogP contribution in [0, 0.1) is 0 Å². The van der Waals surface area contributed by atoms with Crippen molar-refractivity contribution in [1.29, 1.82) is 0 Å². The Labute approximate surface area is 206 Å². The molecule has 0 spiro atoms. The van der Waals surface area contributed by atoms with Gasteiger partial charge < -0.3 is 20.1 Å². The second-order valence-electron chi connectivity index (χ2n) is 8.68. The molecule has 1 fully saturated rings. The lowest BCUT2D eigenvalue weighted by Crippen LogP contribution is -2.51. The van der Waals surface area contributed by atoms with Crippen molar-refractivity contribution in [3.63, 3.8) is 0 Å². The summed E-state index contributed by atoms with van der Waals surface area (Å²) in [5.41, 5.74) is 3.15. The van der Waals surface area contributed by atoms with Gasteiger partial charge >= 0.3 is 12.0 Å². The Morgan fingerprint density at radius 3 is 2.20 bits per heavy atom. The maximum atomic E-state index is 13.0. The minimum atomic E-state index is -0.590. The molecule has 0 saturated carbocycles. The van der Waals surface area contributed by atoms with Gasteiger partial charge in [-0.3, -0.25) is 9.80 Å². The molecule has 8 heteroatoms. The smallest absolute Gasteiger partial charge is 0.338 e. The number of piperazine rings is 1. The average molecular weight is 479 g/mol. The molecule has 2 N–H and O–H groups in total. The van der Waals surface area contributed by atoms with Crippen LogP contribution >= 0.6 is 0 Å². The van der Waals surface area contributed by atoms with Gasteiger partial charge in [-0.2, -0.15) is 0 Å². The van der Waals surface area contributed by atoms with Crippen LogP contribution in [0.25, 0.3) is 0 Å². The zero-order valence-corrected chi connectivity index (χ0v) is 20.5. The highest BCUT2D eigenvalue weighted by Crippen LogP contribution is 2.29. The number of carbonyl (C=O) groups is 2. The lowest BCUT2D eigenvalue weighted by molar-refractivity contribution is -0.139. The molecule has 2 amide bonds. The van der Waals surface area contributed by atoms with E-state index in [2.05, 4.69) is 44.7 Å². The van der Waals surface area contributed by atoms with E-state index in [1.165, 1.54) is 5.56 Å². The summed E-state index contributed by atoms with van der Waals surface area (Å²) in [5.74, 6) is 0.323. The second-order valence-corrected chi connectivity index (χ2v) is 8.68. The van der Waals surface area contributed by atoms with Crippen LogP contribution in [0.4, 0.5) is 4.79 Å². The van der Waals surface area contributed by atoms with Crippen molar-refractivity contribution in [2.24, 2.45) is 0 Å². The maximum absolute atomic E-state index is 13.0. The van der Waals surface area contributed by atoms with Crippen molar-refractivity contribution in [1.82, 2.24) is 20.4 Å². The van der Waals surface area contributed by atoms with E-state index in [1.54, 1.807) is 6.92 Å². The highest BCUT2D eigenvalue weighted by atomic mass is 16.5. The van der Waals surface area contributed by atoms with E-state index in [4.69, 9.17) is 9.47 Å². The van der Waals surface area contributed by atoms with Crippen molar-refractivity contribution in [2.45, 2.75) is 26.4 Å². The molecule has 0 aromatic heterocycles. The summed E-state index contributed by atoms with van der Waals surface area (Å²) >= 11 is 0. The number of esters is 1. The minimum absolute atomic E-state index is 0.262. The fraction of sp³-hybridized carbons (Fsp3) is 0.407. The van der Waals surface area contributed by atoms with Crippen molar-refractivity contribution in [3.8, 4) is 5.75 Å². The normalized spacial score (nSPS) is 19.1. The molecule has 2 heterocycles. The molecule has 35 heavy (non-hydrogen) atoms. The van der Waals surface area contributed by atoms with Gasteiger partial charge in [0.2, 0.25) is 0 Å². The summed E-state index contributed by atoms with van der Waals surface area (Å²) in [7, 11) is 0. The highest BCUT2D eigenvalue weighted by Gasteiger charge is 2.34. The lowest BCUT2D eigenvalue weighted by Gasteiger charge is -2.37. The fourth-order valence-corrected chi connectivity index (χ4v) is 4.54. The van der Waals surface area contributed by atoms with Crippen LogP contribution in [-0.4, -0.2) is 67.7 Å². The molecule has 0 radical (unpaired) electrons. The molecule has 2 aliphatic rings. The quantitative estimate of drug-likeness (QED) is 0.539. The molecule has 186 valence electrons. The monoisotopic (exact) mass is 478 g/mol. The van der Waals surface area contributed by atoms with Crippen LogP contribution in [0.3, 0.4) is 0 Å². The molecular formula is C27H34N4O4. The maximum Gasteiger partial charge on any atom is 0.338 e. The van der Waals surface area contributed by atoms with Gasteiger partial charge in [-0.25, -0.2) is 9.59 Å². The van der Waals surface area contributed by atoms with Gasteiger partial charge in [0.15, 0.2) is 0 Å². The van der Waals surface area contributed by atoms with Crippen molar-refractivity contribution in [2.75, 3.05) is 45.9 Å². The van der Waals surface area contributed by atoms with E-state index < -0.39 is 12.0 Å². The minimum Gasteiger partial charge on any atom is -0.494 e. The molecule has 0 unspecified atom stereocenters. The molecule has 8 nitrogen and oxygen atoms in total. The molecule has 1 saturated heterocycles. The van der Waals surface area contributed by atoms with E-state index in [0.29, 0.717) is 24.4 Å². The van der Waals surface area contributed by atoms with Crippen LogP contribution in [-0.2, 0) is 16.1 Å². The lowest BCUT2D eigenvalue weighted by atomic mass is 9.94. The van der Waals surface area contributed by atoms with Gasteiger partial charge in [0, 0.05) is 45.0 Å². The van der Waals surface area contributed by atoms with Gasteiger partial charge in [-0.1, -0.05) is 42.5 Å². The Hall–Kier alpha value is -3.36. The number of benzene rings is 2. The highest BCUT2D eigenvalue weighted by molar-refractivity contribution is 5.95. The molecule has 0 aliphatic carbocycles. The first-order valence-corrected chi connectivity index (χ1v) is 12.3. The number of rotatable bonds is 9. The SMILES string of the molecule is CCOC(=O)C1=C(CN2CCN(Cc3ccccc3)CC2)NC(=O)N[C@@H]1c1ccc(OCC)cc1. The zero-order valence-electron chi connectivity index (χ0n) is 20.5. The number of hydrogen-bond acceptors (Lipinski definition) is 6. The van der Waals surface area contributed by atoms with Crippen LogP contribution < -0.4 is 15.4 Å². The predicted octanol–water partition coefficient (Wildman–Crippen LogP) is 3.07. The topological polar surface area (TPSA) is 83.1 Å². The van der Waals surface area contributed by atoms with Crippen LogP contribution in [0.15, 0.2) is 65.9 Å². The van der Waals surface area contributed by atoms with Crippen molar-refractivity contribution < 1.29 is 19.1 Å². The number of amides is 2. The fourth-order valence-electron chi connectivity index (χ4n) is 4.54. The van der Waals surface area contributed by atoms with Crippen molar-refractivity contribution >= 4 is 12.0 Å². The van der Waals surface area contributed by atoms with Gasteiger partial charge in [0.25, 0.3) is 0 Å². The first-order chi connectivity index (χ1) is 17.1. The third-order valence-electron chi connectivity index (χ3n) is 6.27. The van der Waals surface area contributed by atoms with Gasteiger partial charge in [0.05, 0.1) is 24.8 Å². The number of carbonyl (C=O) groups excluding carboxylic acids is 2. The molecule has 4 rings (SSSR count). The Morgan fingerprint density at radius 2 is 1.57 bits per heavy atom. The largest absolute Gasteiger partial charge is 0.494 e. The Morgan fingerprint density at radius 1 is 0.914 bits per heavy atom. The summed E-state index contributed by atoms with van der Waals surface area (Å²) in [6, 6.07) is 17.0. The molecule has 2 aliphatic heterocycles. The van der Waals surface area contributed by atoms with E-state index in [0.717, 1.165) is 44.0 Å². The molecule has 0 bridgehead atoms. The Bertz CT molecular complexity index is 1030. The molecule has 2 aromatic rings. The Balaban J connectivity index is 1.50. The second kappa shape index (κ2) is 11.9.